The van der Waals surface area contributed by atoms with Crippen molar-refractivity contribution in [2.45, 2.75) is 45.1 Å². The molecular formula is C18H23NO. The van der Waals surface area contributed by atoms with E-state index < -0.39 is 5.60 Å². The molecule has 1 aliphatic rings. The lowest BCUT2D eigenvalue weighted by Crippen LogP contribution is -2.41. The second-order valence-corrected chi connectivity index (χ2v) is 6.40. The predicted molar refractivity (Wildman–Crippen MR) is 82.4 cm³/mol. The van der Waals surface area contributed by atoms with E-state index in [1.165, 1.54) is 6.42 Å². The van der Waals surface area contributed by atoms with E-state index >= 15 is 0 Å². The Morgan fingerprint density at radius 1 is 1.20 bits per heavy atom. The van der Waals surface area contributed by atoms with Crippen LogP contribution < -0.4 is 0 Å². The smallest absolute Gasteiger partial charge is 0.0947 e. The molecule has 1 fully saturated rings. The first-order chi connectivity index (χ1) is 9.63. The fourth-order valence-electron chi connectivity index (χ4n) is 3.86. The van der Waals surface area contributed by atoms with Crippen molar-refractivity contribution < 1.29 is 5.11 Å². The third kappa shape index (κ3) is 2.12. The van der Waals surface area contributed by atoms with Gasteiger partial charge in [-0.2, -0.15) is 0 Å². The monoisotopic (exact) mass is 269 g/mol. The van der Waals surface area contributed by atoms with Crippen LogP contribution >= 0.6 is 0 Å². The van der Waals surface area contributed by atoms with Crippen molar-refractivity contribution in [2.75, 3.05) is 0 Å². The Morgan fingerprint density at radius 2 is 2.00 bits per heavy atom. The van der Waals surface area contributed by atoms with Gasteiger partial charge in [0.25, 0.3) is 0 Å². The summed E-state index contributed by atoms with van der Waals surface area (Å²) in [4.78, 5) is 4.54. The Labute approximate surface area is 120 Å². The summed E-state index contributed by atoms with van der Waals surface area (Å²) in [5.74, 6) is 0.808. The van der Waals surface area contributed by atoms with Crippen molar-refractivity contribution in [3.8, 4) is 0 Å². The zero-order valence-corrected chi connectivity index (χ0v) is 12.3. The third-order valence-corrected chi connectivity index (χ3v) is 4.84. The molecule has 2 aromatic rings. The first-order valence-electron chi connectivity index (χ1n) is 7.69. The van der Waals surface area contributed by atoms with E-state index in [0.29, 0.717) is 11.8 Å². The molecule has 1 aromatic carbocycles. The predicted octanol–water partition coefficient (Wildman–Crippen LogP) is 4.27. The highest BCUT2D eigenvalue weighted by Crippen LogP contribution is 2.46. The van der Waals surface area contributed by atoms with Crippen LogP contribution in [0.3, 0.4) is 0 Å². The molecule has 20 heavy (non-hydrogen) atoms. The van der Waals surface area contributed by atoms with Gasteiger partial charge >= 0.3 is 0 Å². The highest BCUT2D eigenvalue weighted by Gasteiger charge is 2.42. The summed E-state index contributed by atoms with van der Waals surface area (Å²) >= 11 is 0. The molecule has 1 saturated carbocycles. The Bertz CT molecular complexity index is 602. The zero-order chi connectivity index (χ0) is 14.2. The summed E-state index contributed by atoms with van der Waals surface area (Å²) < 4.78 is 0. The summed E-state index contributed by atoms with van der Waals surface area (Å²) in [6, 6.07) is 10.2. The van der Waals surface area contributed by atoms with E-state index in [0.717, 1.165) is 35.7 Å². The summed E-state index contributed by atoms with van der Waals surface area (Å²) in [5, 5.41) is 12.5. The number of benzene rings is 1. The van der Waals surface area contributed by atoms with E-state index in [4.69, 9.17) is 0 Å². The molecule has 2 heteroatoms. The third-order valence-electron chi connectivity index (χ3n) is 4.84. The van der Waals surface area contributed by atoms with Crippen LogP contribution in [0.2, 0.25) is 0 Å². The van der Waals surface area contributed by atoms with Crippen LogP contribution in [-0.4, -0.2) is 10.1 Å². The van der Waals surface area contributed by atoms with Crippen molar-refractivity contribution >= 4 is 10.9 Å². The van der Waals surface area contributed by atoms with Gasteiger partial charge in [-0.05, 0) is 30.7 Å². The van der Waals surface area contributed by atoms with Gasteiger partial charge in [0, 0.05) is 17.1 Å². The first-order valence-corrected chi connectivity index (χ1v) is 7.69. The van der Waals surface area contributed by atoms with Crippen molar-refractivity contribution in [2.24, 2.45) is 11.8 Å². The minimum atomic E-state index is -0.722. The number of aliphatic hydroxyl groups is 1. The molecule has 0 spiro atoms. The quantitative estimate of drug-likeness (QED) is 0.883. The fraction of sp³-hybridized carbons (Fsp3) is 0.500. The number of para-hydroxylation sites is 1. The van der Waals surface area contributed by atoms with Gasteiger partial charge in [-0.3, -0.25) is 4.98 Å². The molecule has 1 aliphatic carbocycles. The molecule has 0 aliphatic heterocycles. The largest absolute Gasteiger partial charge is 0.385 e. The highest BCUT2D eigenvalue weighted by molar-refractivity contribution is 5.82. The number of hydrogen-bond acceptors (Lipinski definition) is 2. The standard InChI is InChI=1S/C18H23NO/c1-13(2)15-9-3-4-11-18(15,20)16-10-5-7-14-8-6-12-19-17(14)16/h5-8,10,12-13,15,20H,3-4,9,11H2,1-2H3. The Kier molecular flexibility index (Phi) is 3.51. The number of aromatic nitrogens is 1. The molecule has 1 aromatic heterocycles. The molecule has 0 amide bonds. The minimum absolute atomic E-state index is 0.323. The topological polar surface area (TPSA) is 33.1 Å². The molecule has 1 N–H and O–H groups in total. The lowest BCUT2D eigenvalue weighted by molar-refractivity contribution is -0.0711. The summed E-state index contributed by atoms with van der Waals surface area (Å²) in [6.45, 7) is 4.44. The van der Waals surface area contributed by atoms with Gasteiger partial charge in [0.2, 0.25) is 0 Å². The van der Waals surface area contributed by atoms with Gasteiger partial charge in [0.1, 0.15) is 0 Å². The Morgan fingerprint density at radius 3 is 2.80 bits per heavy atom. The van der Waals surface area contributed by atoms with Gasteiger partial charge in [-0.25, -0.2) is 0 Å². The van der Waals surface area contributed by atoms with Gasteiger partial charge in [-0.15, -0.1) is 0 Å². The van der Waals surface area contributed by atoms with E-state index in [9.17, 15) is 5.11 Å². The average molecular weight is 269 g/mol. The van der Waals surface area contributed by atoms with Crippen LogP contribution in [0.1, 0.15) is 45.1 Å². The molecule has 0 bridgehead atoms. The Hall–Kier alpha value is -1.41. The van der Waals surface area contributed by atoms with Crippen molar-refractivity contribution in [3.63, 3.8) is 0 Å². The van der Waals surface area contributed by atoms with E-state index in [2.05, 4.69) is 37.0 Å². The molecule has 2 nitrogen and oxygen atoms in total. The molecule has 106 valence electrons. The summed E-state index contributed by atoms with van der Waals surface area (Å²) in [6.07, 6.45) is 6.11. The van der Waals surface area contributed by atoms with Crippen LogP contribution in [0.15, 0.2) is 36.5 Å². The second-order valence-electron chi connectivity index (χ2n) is 6.40. The number of nitrogens with zero attached hydrogens (tertiary/aromatic N) is 1. The molecule has 2 unspecified atom stereocenters. The maximum atomic E-state index is 11.4. The molecule has 2 atom stereocenters. The van der Waals surface area contributed by atoms with Crippen molar-refractivity contribution in [1.82, 2.24) is 4.98 Å². The summed E-state index contributed by atoms with van der Waals surface area (Å²) in [7, 11) is 0. The van der Waals surface area contributed by atoms with Gasteiger partial charge in [-0.1, -0.05) is 51.0 Å². The van der Waals surface area contributed by atoms with Crippen LogP contribution in [0.4, 0.5) is 0 Å². The van der Waals surface area contributed by atoms with Gasteiger partial charge < -0.3 is 5.11 Å². The number of rotatable bonds is 2. The van der Waals surface area contributed by atoms with Crippen LogP contribution in [0.5, 0.6) is 0 Å². The lowest BCUT2D eigenvalue weighted by atomic mass is 9.67. The fourth-order valence-corrected chi connectivity index (χ4v) is 3.86. The SMILES string of the molecule is CC(C)C1CCCCC1(O)c1cccc2cccnc12. The second kappa shape index (κ2) is 5.17. The van der Waals surface area contributed by atoms with Gasteiger partial charge in [0.15, 0.2) is 0 Å². The lowest BCUT2D eigenvalue weighted by Gasteiger charge is -2.43. The van der Waals surface area contributed by atoms with Crippen molar-refractivity contribution in [1.29, 1.82) is 0 Å². The van der Waals surface area contributed by atoms with E-state index in [1.807, 2.05) is 18.3 Å². The molecular weight excluding hydrogens is 246 g/mol. The Balaban J connectivity index is 2.17. The van der Waals surface area contributed by atoms with Gasteiger partial charge in [0.05, 0.1) is 11.1 Å². The van der Waals surface area contributed by atoms with Crippen LogP contribution in [0, 0.1) is 11.8 Å². The molecule has 3 rings (SSSR count). The number of fused-ring (bicyclic) bond motifs is 1. The number of hydrogen-bond donors (Lipinski definition) is 1. The maximum absolute atomic E-state index is 11.4. The van der Waals surface area contributed by atoms with Crippen molar-refractivity contribution in [3.05, 3.63) is 42.1 Å². The van der Waals surface area contributed by atoms with Crippen LogP contribution in [0.25, 0.3) is 10.9 Å². The summed E-state index contributed by atoms with van der Waals surface area (Å²) in [5.41, 5.74) is 1.26. The van der Waals surface area contributed by atoms with E-state index in [1.54, 1.807) is 0 Å². The highest BCUT2D eigenvalue weighted by atomic mass is 16.3. The van der Waals surface area contributed by atoms with Crippen LogP contribution in [-0.2, 0) is 5.60 Å². The number of pyridine rings is 1. The molecule has 0 radical (unpaired) electrons. The average Bonchev–Trinajstić information content (AvgIpc) is 2.46. The first kappa shape index (κ1) is 13.6. The van der Waals surface area contributed by atoms with E-state index in [-0.39, 0.29) is 0 Å². The maximum Gasteiger partial charge on any atom is 0.0947 e. The molecule has 1 heterocycles. The molecule has 0 saturated heterocycles. The zero-order valence-electron chi connectivity index (χ0n) is 12.3. The normalized spacial score (nSPS) is 27.1. The minimum Gasteiger partial charge on any atom is -0.385 e.